The van der Waals surface area contributed by atoms with E-state index in [1.54, 1.807) is 6.07 Å². The zero-order valence-electron chi connectivity index (χ0n) is 11.0. The van der Waals surface area contributed by atoms with Crippen LogP contribution in [-0.2, 0) is 11.2 Å². The van der Waals surface area contributed by atoms with Gasteiger partial charge in [-0.3, -0.25) is 4.79 Å². The SMILES string of the molecule is O=C1CCc2cc(C(Br)c3cccc(Cl)c3)c(F)cc2N1. The lowest BCUT2D eigenvalue weighted by Crippen LogP contribution is -2.19. The van der Waals surface area contributed by atoms with Crippen molar-refractivity contribution in [3.05, 3.63) is 63.9 Å². The largest absolute Gasteiger partial charge is 0.326 e. The Balaban J connectivity index is 2.01. The number of carbonyl (C=O) groups excluding carboxylic acids is 1. The molecule has 1 amide bonds. The molecule has 5 heteroatoms. The normalized spacial score (nSPS) is 15.3. The van der Waals surface area contributed by atoms with Gasteiger partial charge in [-0.05, 0) is 41.8 Å². The molecule has 0 saturated carbocycles. The summed E-state index contributed by atoms with van der Waals surface area (Å²) in [6, 6.07) is 10.5. The minimum absolute atomic E-state index is 0.0696. The number of hydrogen-bond donors (Lipinski definition) is 1. The molecule has 1 N–H and O–H groups in total. The number of aryl methyl sites for hydroxylation is 1. The Bertz CT molecular complexity index is 719. The molecular formula is C16H12BrClFNO. The van der Waals surface area contributed by atoms with Crippen molar-refractivity contribution >= 4 is 39.1 Å². The number of carbonyl (C=O) groups is 1. The van der Waals surface area contributed by atoms with Gasteiger partial charge >= 0.3 is 0 Å². The van der Waals surface area contributed by atoms with Gasteiger partial charge in [0, 0.05) is 22.7 Å². The van der Waals surface area contributed by atoms with Gasteiger partial charge in [0.25, 0.3) is 0 Å². The molecule has 0 aliphatic carbocycles. The number of hydrogen-bond acceptors (Lipinski definition) is 1. The molecule has 2 aromatic carbocycles. The number of benzene rings is 2. The summed E-state index contributed by atoms with van der Waals surface area (Å²) in [7, 11) is 0. The van der Waals surface area contributed by atoms with E-state index in [9.17, 15) is 9.18 Å². The molecule has 108 valence electrons. The number of fused-ring (bicyclic) bond motifs is 1. The highest BCUT2D eigenvalue weighted by molar-refractivity contribution is 9.09. The molecule has 2 nitrogen and oxygen atoms in total. The molecular weight excluding hydrogens is 357 g/mol. The Morgan fingerprint density at radius 2 is 2.05 bits per heavy atom. The highest BCUT2D eigenvalue weighted by atomic mass is 79.9. The van der Waals surface area contributed by atoms with Crippen LogP contribution in [0.2, 0.25) is 5.02 Å². The molecule has 1 heterocycles. The van der Waals surface area contributed by atoms with E-state index in [1.165, 1.54) is 6.07 Å². The number of anilines is 1. The van der Waals surface area contributed by atoms with Crippen LogP contribution >= 0.6 is 27.5 Å². The van der Waals surface area contributed by atoms with Gasteiger partial charge < -0.3 is 5.32 Å². The van der Waals surface area contributed by atoms with Crippen molar-refractivity contribution in [2.24, 2.45) is 0 Å². The summed E-state index contributed by atoms with van der Waals surface area (Å²) in [5.41, 5.74) is 2.96. The summed E-state index contributed by atoms with van der Waals surface area (Å²) in [4.78, 5) is 11.1. The quantitative estimate of drug-likeness (QED) is 0.755. The summed E-state index contributed by atoms with van der Waals surface area (Å²) in [5.74, 6) is -0.419. The van der Waals surface area contributed by atoms with Crippen molar-refractivity contribution in [2.75, 3.05) is 5.32 Å². The van der Waals surface area contributed by atoms with Gasteiger partial charge in [0.1, 0.15) is 5.82 Å². The lowest BCUT2D eigenvalue weighted by atomic mass is 9.96. The number of rotatable bonds is 2. The number of alkyl halides is 1. The van der Waals surface area contributed by atoms with Crippen LogP contribution in [0.15, 0.2) is 36.4 Å². The highest BCUT2D eigenvalue weighted by Crippen LogP contribution is 2.36. The number of halogens is 3. The topological polar surface area (TPSA) is 29.1 Å². The Morgan fingerprint density at radius 3 is 2.81 bits per heavy atom. The van der Waals surface area contributed by atoms with Crippen LogP contribution in [0.5, 0.6) is 0 Å². The van der Waals surface area contributed by atoms with Gasteiger partial charge in [-0.15, -0.1) is 0 Å². The molecule has 0 aromatic heterocycles. The maximum atomic E-state index is 14.3. The maximum absolute atomic E-state index is 14.3. The first-order valence-electron chi connectivity index (χ1n) is 6.56. The van der Waals surface area contributed by atoms with Crippen LogP contribution in [0.4, 0.5) is 10.1 Å². The van der Waals surface area contributed by atoms with Crippen LogP contribution < -0.4 is 5.32 Å². The molecule has 21 heavy (non-hydrogen) atoms. The lowest BCUT2D eigenvalue weighted by molar-refractivity contribution is -0.116. The summed E-state index contributed by atoms with van der Waals surface area (Å²) < 4.78 is 14.3. The average molecular weight is 369 g/mol. The van der Waals surface area contributed by atoms with E-state index in [0.717, 1.165) is 11.1 Å². The first-order chi connectivity index (χ1) is 10.0. The first-order valence-corrected chi connectivity index (χ1v) is 7.85. The smallest absolute Gasteiger partial charge is 0.224 e. The van der Waals surface area contributed by atoms with E-state index in [-0.39, 0.29) is 16.6 Å². The van der Waals surface area contributed by atoms with Crippen molar-refractivity contribution < 1.29 is 9.18 Å². The van der Waals surface area contributed by atoms with Crippen LogP contribution in [0.25, 0.3) is 0 Å². The molecule has 3 rings (SSSR count). The van der Waals surface area contributed by atoms with Crippen molar-refractivity contribution in [2.45, 2.75) is 17.7 Å². The molecule has 0 bridgehead atoms. The third kappa shape index (κ3) is 2.97. The number of nitrogens with one attached hydrogen (secondary N) is 1. The lowest BCUT2D eigenvalue weighted by Gasteiger charge is -2.20. The van der Waals surface area contributed by atoms with E-state index >= 15 is 0 Å². The van der Waals surface area contributed by atoms with E-state index in [1.807, 2.05) is 24.3 Å². The van der Waals surface area contributed by atoms with E-state index in [2.05, 4.69) is 21.2 Å². The fraction of sp³-hybridized carbons (Fsp3) is 0.188. The predicted octanol–water partition coefficient (Wildman–Crippen LogP) is 4.85. The summed E-state index contributed by atoms with van der Waals surface area (Å²) in [5, 5.41) is 3.31. The molecule has 2 aromatic rings. The van der Waals surface area contributed by atoms with Gasteiger partial charge in [0.15, 0.2) is 0 Å². The van der Waals surface area contributed by atoms with Crippen LogP contribution in [0.1, 0.15) is 27.9 Å². The van der Waals surface area contributed by atoms with Gasteiger partial charge in [-0.1, -0.05) is 39.7 Å². The second kappa shape index (κ2) is 5.78. The predicted molar refractivity (Wildman–Crippen MR) is 85.6 cm³/mol. The summed E-state index contributed by atoms with van der Waals surface area (Å²) >= 11 is 9.52. The second-order valence-corrected chi connectivity index (χ2v) is 6.35. The fourth-order valence-corrected chi connectivity index (χ4v) is 3.29. The summed E-state index contributed by atoms with van der Waals surface area (Å²) in [6.45, 7) is 0. The molecule has 0 saturated heterocycles. The van der Waals surface area contributed by atoms with Crippen molar-refractivity contribution in [1.29, 1.82) is 0 Å². The Hall–Kier alpha value is -1.39. The molecule has 1 aliphatic rings. The minimum Gasteiger partial charge on any atom is -0.326 e. The van der Waals surface area contributed by atoms with Crippen LogP contribution in [0, 0.1) is 5.82 Å². The fourth-order valence-electron chi connectivity index (χ4n) is 2.46. The molecule has 1 atom stereocenters. The second-order valence-electron chi connectivity index (χ2n) is 5.00. The van der Waals surface area contributed by atoms with E-state index in [4.69, 9.17) is 11.6 Å². The Kier molecular flexibility index (Phi) is 4.00. The Morgan fingerprint density at radius 1 is 1.24 bits per heavy atom. The maximum Gasteiger partial charge on any atom is 0.224 e. The van der Waals surface area contributed by atoms with E-state index < -0.39 is 0 Å². The van der Waals surface area contributed by atoms with Gasteiger partial charge in [-0.25, -0.2) is 4.39 Å². The summed E-state index contributed by atoms with van der Waals surface area (Å²) in [6.07, 6.45) is 1.06. The van der Waals surface area contributed by atoms with Crippen molar-refractivity contribution in [1.82, 2.24) is 0 Å². The molecule has 1 aliphatic heterocycles. The Labute approximate surface area is 135 Å². The number of amides is 1. The zero-order valence-corrected chi connectivity index (χ0v) is 13.3. The van der Waals surface area contributed by atoms with Crippen LogP contribution in [0.3, 0.4) is 0 Å². The third-order valence-corrected chi connectivity index (χ3v) is 4.79. The minimum atomic E-state index is -0.349. The van der Waals surface area contributed by atoms with E-state index in [0.29, 0.717) is 29.1 Å². The molecule has 1 unspecified atom stereocenters. The molecule has 0 radical (unpaired) electrons. The van der Waals surface area contributed by atoms with Gasteiger partial charge in [-0.2, -0.15) is 0 Å². The zero-order chi connectivity index (χ0) is 15.0. The van der Waals surface area contributed by atoms with Crippen LogP contribution in [-0.4, -0.2) is 5.91 Å². The monoisotopic (exact) mass is 367 g/mol. The molecule has 0 fully saturated rings. The van der Waals surface area contributed by atoms with Crippen molar-refractivity contribution in [3.8, 4) is 0 Å². The van der Waals surface area contributed by atoms with Crippen molar-refractivity contribution in [3.63, 3.8) is 0 Å². The highest BCUT2D eigenvalue weighted by Gasteiger charge is 2.21. The standard InChI is InChI=1S/C16H12BrClFNO/c17-16(10-2-1-3-11(18)6-10)12-7-9-4-5-15(21)20-14(9)8-13(12)19/h1-3,6-8,16H,4-5H2,(H,20,21). The molecule has 0 spiro atoms. The van der Waals surface area contributed by atoms with Gasteiger partial charge in [0.2, 0.25) is 5.91 Å². The average Bonchev–Trinajstić information content (AvgIpc) is 2.45. The van der Waals surface area contributed by atoms with Gasteiger partial charge in [0.05, 0.1) is 4.83 Å². The first kappa shape index (κ1) is 14.5. The third-order valence-electron chi connectivity index (χ3n) is 3.53.